The van der Waals surface area contributed by atoms with Gasteiger partial charge in [-0.2, -0.15) is 0 Å². The number of pyridine rings is 1. The van der Waals surface area contributed by atoms with Crippen molar-refractivity contribution >= 4 is 5.91 Å². The molecule has 0 fully saturated rings. The maximum Gasteiger partial charge on any atom is 0.287 e. The van der Waals surface area contributed by atoms with Crippen molar-refractivity contribution < 1.29 is 4.79 Å². The average molecular weight is 275 g/mol. The van der Waals surface area contributed by atoms with Gasteiger partial charge in [0.2, 0.25) is 0 Å². The largest absolute Gasteiger partial charge is 0.300 e. The van der Waals surface area contributed by atoms with E-state index in [1.54, 1.807) is 23.3 Å². The van der Waals surface area contributed by atoms with Crippen molar-refractivity contribution in [2.75, 3.05) is 13.6 Å². The smallest absolute Gasteiger partial charge is 0.287 e. The van der Waals surface area contributed by atoms with Gasteiger partial charge in [0.1, 0.15) is 0 Å². The number of aromatic nitrogens is 4. The average Bonchev–Trinajstić information content (AvgIpc) is 2.94. The van der Waals surface area contributed by atoms with Gasteiger partial charge in [0.25, 0.3) is 5.91 Å². The van der Waals surface area contributed by atoms with Crippen molar-refractivity contribution in [1.82, 2.24) is 30.3 Å². The van der Waals surface area contributed by atoms with E-state index in [2.05, 4.69) is 20.2 Å². The SMILES string of the molecule is CN(CCn1cc(C(=O)NN)nn1)Cc1ccncc1. The van der Waals surface area contributed by atoms with E-state index in [9.17, 15) is 4.79 Å². The third kappa shape index (κ3) is 3.84. The second-order valence-corrected chi connectivity index (χ2v) is 4.43. The van der Waals surface area contributed by atoms with E-state index >= 15 is 0 Å². The van der Waals surface area contributed by atoms with Crippen LogP contribution in [0.5, 0.6) is 0 Å². The fourth-order valence-corrected chi connectivity index (χ4v) is 1.74. The topological polar surface area (TPSA) is 102 Å². The first kappa shape index (κ1) is 14.1. The van der Waals surface area contributed by atoms with Crippen LogP contribution in [0.2, 0.25) is 0 Å². The molecule has 2 aromatic heterocycles. The maximum atomic E-state index is 11.2. The molecule has 0 saturated heterocycles. The molecule has 106 valence electrons. The van der Waals surface area contributed by atoms with Gasteiger partial charge >= 0.3 is 0 Å². The number of amides is 1. The van der Waals surface area contributed by atoms with Crippen LogP contribution in [0.25, 0.3) is 0 Å². The first-order valence-electron chi connectivity index (χ1n) is 6.17. The van der Waals surface area contributed by atoms with Crippen LogP contribution in [0.1, 0.15) is 16.1 Å². The zero-order valence-electron chi connectivity index (χ0n) is 11.2. The Morgan fingerprint density at radius 3 is 2.90 bits per heavy atom. The van der Waals surface area contributed by atoms with Gasteiger partial charge in [-0.25, -0.2) is 5.84 Å². The van der Waals surface area contributed by atoms with E-state index in [1.165, 1.54) is 5.56 Å². The second kappa shape index (κ2) is 6.73. The standard InChI is InChI=1S/C12H17N7O/c1-18(8-10-2-4-14-5-3-10)6-7-19-9-11(16-17-19)12(20)15-13/h2-5,9H,6-8,13H2,1H3,(H,15,20). The van der Waals surface area contributed by atoms with Gasteiger partial charge in [-0.3, -0.25) is 19.9 Å². The summed E-state index contributed by atoms with van der Waals surface area (Å²) in [7, 11) is 2.02. The molecule has 3 N–H and O–H groups in total. The van der Waals surface area contributed by atoms with Gasteiger partial charge < -0.3 is 4.90 Å². The molecule has 0 aliphatic carbocycles. The second-order valence-electron chi connectivity index (χ2n) is 4.43. The summed E-state index contributed by atoms with van der Waals surface area (Å²) in [5.74, 6) is 4.59. The molecule has 0 aliphatic heterocycles. The van der Waals surface area contributed by atoms with Crippen LogP contribution in [0.15, 0.2) is 30.7 Å². The van der Waals surface area contributed by atoms with Crippen molar-refractivity contribution in [3.8, 4) is 0 Å². The van der Waals surface area contributed by atoms with Gasteiger partial charge in [0, 0.05) is 25.5 Å². The summed E-state index contributed by atoms with van der Waals surface area (Å²) in [5, 5.41) is 7.62. The Kier molecular flexibility index (Phi) is 4.75. The van der Waals surface area contributed by atoms with Gasteiger partial charge in [0.05, 0.1) is 12.7 Å². The number of likely N-dealkylation sites (N-methyl/N-ethyl adjacent to an activating group) is 1. The van der Waals surface area contributed by atoms with Gasteiger partial charge in [-0.05, 0) is 24.7 Å². The summed E-state index contributed by atoms with van der Waals surface area (Å²) < 4.78 is 1.62. The highest BCUT2D eigenvalue weighted by atomic mass is 16.2. The molecular weight excluding hydrogens is 258 g/mol. The molecular formula is C12H17N7O. The lowest BCUT2D eigenvalue weighted by atomic mass is 10.2. The quantitative estimate of drug-likeness (QED) is 0.415. The first-order valence-corrected chi connectivity index (χ1v) is 6.17. The normalized spacial score (nSPS) is 10.8. The predicted molar refractivity (Wildman–Crippen MR) is 72.2 cm³/mol. The lowest BCUT2D eigenvalue weighted by Gasteiger charge is -2.16. The fraction of sp³-hybridized carbons (Fsp3) is 0.333. The summed E-state index contributed by atoms with van der Waals surface area (Å²) in [6, 6.07) is 3.96. The Hall–Kier alpha value is -2.32. The van der Waals surface area contributed by atoms with Crippen molar-refractivity contribution in [2.45, 2.75) is 13.1 Å². The molecule has 20 heavy (non-hydrogen) atoms. The van der Waals surface area contributed by atoms with Gasteiger partial charge in [-0.15, -0.1) is 5.10 Å². The Balaban J connectivity index is 1.83. The minimum absolute atomic E-state index is 0.212. The van der Waals surface area contributed by atoms with E-state index < -0.39 is 5.91 Å². The summed E-state index contributed by atoms with van der Waals surface area (Å²) in [5.41, 5.74) is 3.43. The number of nitrogens with one attached hydrogen (secondary N) is 1. The third-order valence-corrected chi connectivity index (χ3v) is 2.82. The van der Waals surface area contributed by atoms with Crippen LogP contribution in [0.4, 0.5) is 0 Å². The molecule has 0 unspecified atom stereocenters. The molecule has 0 atom stereocenters. The van der Waals surface area contributed by atoms with Crippen molar-refractivity contribution in [2.24, 2.45) is 5.84 Å². The lowest BCUT2D eigenvalue weighted by Crippen LogP contribution is -2.30. The highest BCUT2D eigenvalue weighted by Crippen LogP contribution is 2.01. The summed E-state index contributed by atoms with van der Waals surface area (Å²) >= 11 is 0. The Morgan fingerprint density at radius 1 is 1.45 bits per heavy atom. The number of nitrogen functional groups attached to an aromatic ring is 1. The number of nitrogens with zero attached hydrogens (tertiary/aromatic N) is 5. The number of hydrogen-bond donors (Lipinski definition) is 2. The molecule has 2 aromatic rings. The Labute approximate surface area is 116 Å². The lowest BCUT2D eigenvalue weighted by molar-refractivity contribution is 0.0948. The van der Waals surface area contributed by atoms with Crippen LogP contribution in [0, 0.1) is 0 Å². The van der Waals surface area contributed by atoms with Gasteiger partial charge in [-0.1, -0.05) is 5.21 Å². The van der Waals surface area contributed by atoms with E-state index in [0.29, 0.717) is 6.54 Å². The van der Waals surface area contributed by atoms with Crippen molar-refractivity contribution in [3.05, 3.63) is 42.0 Å². The fourth-order valence-electron chi connectivity index (χ4n) is 1.74. The van der Waals surface area contributed by atoms with Crippen LogP contribution in [0.3, 0.4) is 0 Å². The first-order chi connectivity index (χ1) is 9.69. The zero-order chi connectivity index (χ0) is 14.4. The van der Waals surface area contributed by atoms with Crippen LogP contribution >= 0.6 is 0 Å². The predicted octanol–water partition coefficient (Wildman–Crippen LogP) is -0.591. The van der Waals surface area contributed by atoms with Crippen LogP contribution in [-0.2, 0) is 13.1 Å². The summed E-state index contributed by atoms with van der Waals surface area (Å²) in [6.07, 6.45) is 5.12. The monoisotopic (exact) mass is 275 g/mol. The Morgan fingerprint density at radius 2 is 2.20 bits per heavy atom. The molecule has 8 heteroatoms. The van der Waals surface area contributed by atoms with E-state index in [1.807, 2.05) is 24.6 Å². The molecule has 8 nitrogen and oxygen atoms in total. The van der Waals surface area contributed by atoms with E-state index in [0.717, 1.165) is 13.1 Å². The number of carbonyl (C=O) groups excluding carboxylic acids is 1. The highest BCUT2D eigenvalue weighted by molar-refractivity contribution is 5.91. The third-order valence-electron chi connectivity index (χ3n) is 2.82. The highest BCUT2D eigenvalue weighted by Gasteiger charge is 2.09. The molecule has 0 spiro atoms. The number of hydrazine groups is 1. The van der Waals surface area contributed by atoms with Crippen molar-refractivity contribution in [3.63, 3.8) is 0 Å². The maximum absolute atomic E-state index is 11.2. The molecule has 2 rings (SSSR count). The van der Waals surface area contributed by atoms with Crippen molar-refractivity contribution in [1.29, 1.82) is 0 Å². The minimum atomic E-state index is -0.443. The van der Waals surface area contributed by atoms with Crippen LogP contribution < -0.4 is 11.3 Å². The number of nitrogens with two attached hydrogens (primary N) is 1. The Bertz CT molecular complexity index is 554. The van der Waals surface area contributed by atoms with Gasteiger partial charge in [0.15, 0.2) is 5.69 Å². The van der Waals surface area contributed by atoms with E-state index in [-0.39, 0.29) is 5.69 Å². The molecule has 1 amide bonds. The molecule has 0 bridgehead atoms. The minimum Gasteiger partial charge on any atom is -0.300 e. The molecule has 0 aromatic carbocycles. The summed E-state index contributed by atoms with van der Waals surface area (Å²) in [6.45, 7) is 2.26. The number of carbonyl (C=O) groups is 1. The molecule has 0 radical (unpaired) electrons. The van der Waals surface area contributed by atoms with Crippen LogP contribution in [-0.4, -0.2) is 44.4 Å². The zero-order valence-corrected chi connectivity index (χ0v) is 11.2. The number of hydrogen-bond acceptors (Lipinski definition) is 6. The molecule has 2 heterocycles. The summed E-state index contributed by atoms with van der Waals surface area (Å²) in [4.78, 5) is 17.4. The molecule has 0 aliphatic rings. The molecule has 0 saturated carbocycles. The van der Waals surface area contributed by atoms with E-state index in [4.69, 9.17) is 5.84 Å². The number of rotatable bonds is 6.